The lowest BCUT2D eigenvalue weighted by Gasteiger charge is -2.03. The molecule has 0 aromatic heterocycles. The van der Waals surface area contributed by atoms with E-state index in [1.54, 1.807) is 11.8 Å². The van der Waals surface area contributed by atoms with Crippen LogP contribution in [0, 0.1) is 0 Å². The molecule has 0 bridgehead atoms. The van der Waals surface area contributed by atoms with Gasteiger partial charge in [-0.05, 0) is 24.3 Å². The van der Waals surface area contributed by atoms with Gasteiger partial charge < -0.3 is 5.11 Å². The Hall–Kier alpha value is -1.58. The summed E-state index contributed by atoms with van der Waals surface area (Å²) in [5, 5.41) is 8.74. The summed E-state index contributed by atoms with van der Waals surface area (Å²) >= 11 is 1.58. The molecule has 0 fully saturated rings. The van der Waals surface area contributed by atoms with Crippen LogP contribution in [0.15, 0.2) is 59.5 Å². The third-order valence-electron chi connectivity index (χ3n) is 2.51. The summed E-state index contributed by atoms with van der Waals surface area (Å²) in [7, 11) is 0. The van der Waals surface area contributed by atoms with E-state index < -0.39 is 0 Å². The smallest absolute Gasteiger partial charge is 0.193 e. The largest absolute Gasteiger partial charge is 0.396 e. The molecule has 1 N–H and O–H groups in total. The van der Waals surface area contributed by atoms with Gasteiger partial charge in [-0.15, -0.1) is 11.8 Å². The molecule has 0 atom stereocenters. The Morgan fingerprint density at radius 3 is 2.17 bits per heavy atom. The van der Waals surface area contributed by atoms with Gasteiger partial charge in [0.05, 0.1) is 6.61 Å². The third-order valence-corrected chi connectivity index (χ3v) is 3.50. The second-order valence-electron chi connectivity index (χ2n) is 3.79. The Kier molecular flexibility index (Phi) is 4.56. The van der Waals surface area contributed by atoms with Crippen molar-refractivity contribution in [1.82, 2.24) is 0 Å². The first kappa shape index (κ1) is 12.9. The lowest BCUT2D eigenvalue weighted by atomic mass is 10.0. The molecular formula is C15H14O2S. The number of aliphatic hydroxyl groups excluding tert-OH is 1. The summed E-state index contributed by atoms with van der Waals surface area (Å²) in [6.45, 7) is 0.162. The standard InChI is InChI=1S/C15H14O2S/c16-10-11-18-14-8-6-13(7-9-14)15(17)12-4-2-1-3-5-12/h1-9,16H,10-11H2. The molecule has 92 valence electrons. The van der Waals surface area contributed by atoms with E-state index in [1.807, 2.05) is 54.6 Å². The highest BCUT2D eigenvalue weighted by atomic mass is 32.2. The van der Waals surface area contributed by atoms with Crippen molar-refractivity contribution in [3.63, 3.8) is 0 Å². The first-order valence-electron chi connectivity index (χ1n) is 5.75. The van der Waals surface area contributed by atoms with E-state index in [0.29, 0.717) is 16.9 Å². The van der Waals surface area contributed by atoms with E-state index in [1.165, 1.54) is 0 Å². The van der Waals surface area contributed by atoms with Crippen LogP contribution in [0.2, 0.25) is 0 Å². The van der Waals surface area contributed by atoms with Crippen molar-refractivity contribution < 1.29 is 9.90 Å². The van der Waals surface area contributed by atoms with Crippen molar-refractivity contribution in [3.8, 4) is 0 Å². The molecule has 0 amide bonds. The fraction of sp³-hybridized carbons (Fsp3) is 0.133. The number of carbonyl (C=O) groups is 1. The lowest BCUT2D eigenvalue weighted by molar-refractivity contribution is 0.103. The van der Waals surface area contributed by atoms with Crippen LogP contribution in [0.25, 0.3) is 0 Å². The van der Waals surface area contributed by atoms with Crippen molar-refractivity contribution in [2.24, 2.45) is 0 Å². The van der Waals surface area contributed by atoms with E-state index in [9.17, 15) is 4.79 Å². The van der Waals surface area contributed by atoms with Crippen LogP contribution in [-0.2, 0) is 0 Å². The summed E-state index contributed by atoms with van der Waals surface area (Å²) in [5.41, 5.74) is 1.39. The summed E-state index contributed by atoms with van der Waals surface area (Å²) in [6.07, 6.45) is 0. The van der Waals surface area contributed by atoms with Crippen molar-refractivity contribution in [2.75, 3.05) is 12.4 Å². The van der Waals surface area contributed by atoms with Crippen LogP contribution in [0.3, 0.4) is 0 Å². The number of thioether (sulfide) groups is 1. The van der Waals surface area contributed by atoms with E-state index in [0.717, 1.165) is 4.90 Å². The second kappa shape index (κ2) is 6.38. The molecule has 0 unspecified atom stereocenters. The van der Waals surface area contributed by atoms with Gasteiger partial charge in [0.25, 0.3) is 0 Å². The highest BCUT2D eigenvalue weighted by Crippen LogP contribution is 2.19. The van der Waals surface area contributed by atoms with Crippen LogP contribution >= 0.6 is 11.8 Å². The monoisotopic (exact) mass is 258 g/mol. The average molecular weight is 258 g/mol. The maximum absolute atomic E-state index is 12.1. The molecule has 18 heavy (non-hydrogen) atoms. The number of ketones is 1. The third kappa shape index (κ3) is 3.22. The minimum Gasteiger partial charge on any atom is -0.396 e. The highest BCUT2D eigenvalue weighted by molar-refractivity contribution is 7.99. The number of benzene rings is 2. The van der Waals surface area contributed by atoms with E-state index in [4.69, 9.17) is 5.11 Å². The zero-order valence-electron chi connectivity index (χ0n) is 9.87. The minimum absolute atomic E-state index is 0.0364. The fourth-order valence-corrected chi connectivity index (χ4v) is 2.28. The number of hydrogen-bond acceptors (Lipinski definition) is 3. The predicted molar refractivity (Wildman–Crippen MR) is 74.1 cm³/mol. The molecule has 2 aromatic rings. The van der Waals surface area contributed by atoms with Gasteiger partial charge in [0.1, 0.15) is 0 Å². The first-order chi connectivity index (χ1) is 8.81. The number of hydrogen-bond donors (Lipinski definition) is 1. The molecule has 2 nitrogen and oxygen atoms in total. The SMILES string of the molecule is O=C(c1ccccc1)c1ccc(SCCO)cc1. The molecule has 0 aliphatic heterocycles. The quantitative estimate of drug-likeness (QED) is 0.661. The Morgan fingerprint density at radius 1 is 0.944 bits per heavy atom. The fourth-order valence-electron chi connectivity index (χ4n) is 1.62. The lowest BCUT2D eigenvalue weighted by Crippen LogP contribution is -2.00. The van der Waals surface area contributed by atoms with Crippen LogP contribution in [0.4, 0.5) is 0 Å². The summed E-state index contributed by atoms with van der Waals surface area (Å²) in [6, 6.07) is 16.7. The normalized spacial score (nSPS) is 10.3. The van der Waals surface area contributed by atoms with Crippen LogP contribution in [0.1, 0.15) is 15.9 Å². The van der Waals surface area contributed by atoms with Crippen molar-refractivity contribution in [1.29, 1.82) is 0 Å². The van der Waals surface area contributed by atoms with Gasteiger partial charge >= 0.3 is 0 Å². The van der Waals surface area contributed by atoms with E-state index in [2.05, 4.69) is 0 Å². The topological polar surface area (TPSA) is 37.3 Å². The molecule has 0 spiro atoms. The van der Waals surface area contributed by atoms with Crippen LogP contribution < -0.4 is 0 Å². The Labute approximate surface area is 111 Å². The van der Waals surface area contributed by atoms with Gasteiger partial charge in [-0.25, -0.2) is 0 Å². The molecule has 0 radical (unpaired) electrons. The molecule has 0 aliphatic rings. The van der Waals surface area contributed by atoms with Crippen molar-refractivity contribution in [3.05, 3.63) is 65.7 Å². The molecule has 0 heterocycles. The Morgan fingerprint density at radius 2 is 1.56 bits per heavy atom. The maximum Gasteiger partial charge on any atom is 0.193 e. The van der Waals surface area contributed by atoms with E-state index in [-0.39, 0.29) is 12.4 Å². The maximum atomic E-state index is 12.1. The van der Waals surface area contributed by atoms with Crippen molar-refractivity contribution >= 4 is 17.5 Å². The zero-order chi connectivity index (χ0) is 12.8. The molecule has 0 saturated carbocycles. The summed E-state index contributed by atoms with van der Waals surface area (Å²) in [4.78, 5) is 13.2. The Bertz CT molecular complexity index is 506. The van der Waals surface area contributed by atoms with Gasteiger partial charge in [-0.1, -0.05) is 30.3 Å². The summed E-state index contributed by atoms with van der Waals surface area (Å²) < 4.78 is 0. The molecule has 0 saturated heterocycles. The van der Waals surface area contributed by atoms with Gasteiger partial charge in [-0.3, -0.25) is 4.79 Å². The van der Waals surface area contributed by atoms with Gasteiger partial charge in [-0.2, -0.15) is 0 Å². The first-order valence-corrected chi connectivity index (χ1v) is 6.73. The summed E-state index contributed by atoms with van der Waals surface area (Å²) in [5.74, 6) is 0.709. The Balaban J connectivity index is 2.12. The highest BCUT2D eigenvalue weighted by Gasteiger charge is 2.07. The number of rotatable bonds is 5. The molecule has 2 rings (SSSR count). The molecular weight excluding hydrogens is 244 g/mol. The molecule has 0 aliphatic carbocycles. The minimum atomic E-state index is 0.0364. The van der Waals surface area contributed by atoms with Gasteiger partial charge in [0.15, 0.2) is 5.78 Å². The zero-order valence-corrected chi connectivity index (χ0v) is 10.7. The molecule has 2 aromatic carbocycles. The second-order valence-corrected chi connectivity index (χ2v) is 4.96. The number of aliphatic hydroxyl groups is 1. The van der Waals surface area contributed by atoms with Crippen molar-refractivity contribution in [2.45, 2.75) is 4.90 Å². The van der Waals surface area contributed by atoms with Gasteiger partial charge in [0, 0.05) is 21.8 Å². The average Bonchev–Trinajstić information content (AvgIpc) is 2.46. The van der Waals surface area contributed by atoms with E-state index >= 15 is 0 Å². The predicted octanol–water partition coefficient (Wildman–Crippen LogP) is 3.00. The molecule has 3 heteroatoms. The number of carbonyl (C=O) groups excluding carboxylic acids is 1. The van der Waals surface area contributed by atoms with Crippen LogP contribution in [0.5, 0.6) is 0 Å². The van der Waals surface area contributed by atoms with Crippen LogP contribution in [-0.4, -0.2) is 23.2 Å². The van der Waals surface area contributed by atoms with Gasteiger partial charge in [0.2, 0.25) is 0 Å².